The molecule has 1 fully saturated rings. The molecule has 1 rings (SSSR count). The number of likely N-dealkylation sites (tertiary alicyclic amines) is 1. The molecule has 0 unspecified atom stereocenters. The number of nitrogens with zero attached hydrogens (tertiary/aromatic N) is 2. The molecule has 5 heteroatoms. The lowest BCUT2D eigenvalue weighted by atomic mass is 10.2. The predicted molar refractivity (Wildman–Crippen MR) is 50.5 cm³/mol. The lowest BCUT2D eigenvalue weighted by Gasteiger charge is -2.16. The van der Waals surface area contributed by atoms with Gasteiger partial charge >= 0.3 is 0 Å². The van der Waals surface area contributed by atoms with Gasteiger partial charge in [-0.25, -0.2) is 0 Å². The number of hydrogen-bond donors (Lipinski definition) is 1. The summed E-state index contributed by atoms with van der Waals surface area (Å²) in [5.74, 6) is 0.00978. The van der Waals surface area contributed by atoms with E-state index in [1.807, 2.05) is 18.0 Å². The molecular formula is C9H15N3O2. The number of carbonyl (C=O) groups is 1. The molecule has 0 aromatic carbocycles. The Morgan fingerprint density at radius 1 is 1.79 bits per heavy atom. The van der Waals surface area contributed by atoms with Crippen LogP contribution in [0.2, 0.25) is 0 Å². The van der Waals surface area contributed by atoms with E-state index in [1.54, 1.807) is 7.05 Å². The molecule has 0 aromatic heterocycles. The third kappa shape index (κ3) is 2.44. The molecule has 1 amide bonds. The highest BCUT2D eigenvalue weighted by molar-refractivity contribution is 5.81. The molecule has 1 saturated heterocycles. The van der Waals surface area contributed by atoms with Gasteiger partial charge in [-0.2, -0.15) is 5.26 Å². The van der Waals surface area contributed by atoms with E-state index in [4.69, 9.17) is 10.00 Å². The quantitative estimate of drug-likeness (QED) is 0.652. The first-order chi connectivity index (χ1) is 6.69. The number of ether oxygens (including phenoxy) is 1. The van der Waals surface area contributed by atoms with Crippen LogP contribution in [-0.4, -0.2) is 50.2 Å². The monoisotopic (exact) mass is 197 g/mol. The van der Waals surface area contributed by atoms with Crippen LogP contribution < -0.4 is 5.32 Å². The van der Waals surface area contributed by atoms with Crippen molar-refractivity contribution in [2.75, 3.05) is 27.2 Å². The van der Waals surface area contributed by atoms with Crippen molar-refractivity contribution in [2.24, 2.45) is 0 Å². The number of nitrogens with one attached hydrogen (secondary N) is 1. The molecule has 0 spiro atoms. The Morgan fingerprint density at radius 2 is 2.50 bits per heavy atom. The molecular weight excluding hydrogens is 182 g/mol. The highest BCUT2D eigenvalue weighted by Gasteiger charge is 2.34. The van der Waals surface area contributed by atoms with Crippen LogP contribution in [0.3, 0.4) is 0 Å². The zero-order valence-corrected chi connectivity index (χ0v) is 8.49. The number of amides is 1. The Kier molecular flexibility index (Phi) is 3.86. The Morgan fingerprint density at radius 3 is 3.07 bits per heavy atom. The topological polar surface area (TPSA) is 65.4 Å². The second-order valence-corrected chi connectivity index (χ2v) is 3.40. The second kappa shape index (κ2) is 4.94. The van der Waals surface area contributed by atoms with Crippen molar-refractivity contribution >= 4 is 5.91 Å². The van der Waals surface area contributed by atoms with Crippen molar-refractivity contribution < 1.29 is 9.53 Å². The Labute approximate surface area is 83.6 Å². The fraction of sp³-hybridized carbons (Fsp3) is 0.778. The number of likely N-dealkylation sites (N-methyl/N-ethyl adjacent to an activating group) is 2. The van der Waals surface area contributed by atoms with Crippen LogP contribution in [0.5, 0.6) is 0 Å². The summed E-state index contributed by atoms with van der Waals surface area (Å²) in [6.45, 7) is 0.804. The average molecular weight is 197 g/mol. The first-order valence-electron chi connectivity index (χ1n) is 4.59. The molecule has 1 N–H and O–H groups in total. The molecule has 1 heterocycles. The van der Waals surface area contributed by atoms with Gasteiger partial charge in [-0.05, 0) is 13.5 Å². The molecule has 14 heavy (non-hydrogen) atoms. The molecule has 5 nitrogen and oxygen atoms in total. The normalized spacial score (nSPS) is 27.2. The largest absolute Gasteiger partial charge is 0.362 e. The minimum atomic E-state index is -0.122. The lowest BCUT2D eigenvalue weighted by molar-refractivity contribution is -0.124. The van der Waals surface area contributed by atoms with Gasteiger partial charge in [0.2, 0.25) is 5.91 Å². The van der Waals surface area contributed by atoms with Crippen LogP contribution in [0.15, 0.2) is 0 Å². The number of nitriles is 1. The van der Waals surface area contributed by atoms with Crippen LogP contribution in [-0.2, 0) is 9.53 Å². The Balaban J connectivity index is 2.44. The average Bonchev–Trinajstić information content (AvgIpc) is 2.55. The third-order valence-corrected chi connectivity index (χ3v) is 2.44. The van der Waals surface area contributed by atoms with E-state index in [0.29, 0.717) is 13.0 Å². The van der Waals surface area contributed by atoms with Crippen molar-refractivity contribution in [3.05, 3.63) is 0 Å². The maximum absolute atomic E-state index is 11.4. The van der Waals surface area contributed by atoms with E-state index in [1.165, 1.54) is 0 Å². The molecule has 0 bridgehead atoms. The standard InChI is InChI=1S/C9H15N3O2/c1-11-9(13)8-5-7(6-12(8)2)14-4-3-10/h7-8H,4-6H2,1-2H3,(H,11,13)/t7-,8+/m1/s1. The summed E-state index contributed by atoms with van der Waals surface area (Å²) < 4.78 is 5.26. The fourth-order valence-corrected chi connectivity index (χ4v) is 1.70. The Bertz CT molecular complexity index is 249. The van der Waals surface area contributed by atoms with Crippen molar-refractivity contribution in [2.45, 2.75) is 18.6 Å². The summed E-state index contributed by atoms with van der Waals surface area (Å²) in [4.78, 5) is 13.3. The van der Waals surface area contributed by atoms with E-state index in [0.717, 1.165) is 0 Å². The molecule has 2 atom stereocenters. The lowest BCUT2D eigenvalue weighted by Crippen LogP contribution is -2.39. The molecule has 1 aliphatic rings. The van der Waals surface area contributed by atoms with Crippen molar-refractivity contribution in [3.8, 4) is 6.07 Å². The summed E-state index contributed by atoms with van der Waals surface area (Å²) in [6.07, 6.45) is 0.666. The van der Waals surface area contributed by atoms with Crippen LogP contribution >= 0.6 is 0 Å². The van der Waals surface area contributed by atoms with Gasteiger partial charge in [0.05, 0.1) is 18.2 Å². The maximum Gasteiger partial charge on any atom is 0.237 e. The zero-order valence-electron chi connectivity index (χ0n) is 8.49. The summed E-state index contributed by atoms with van der Waals surface area (Å²) in [5, 5.41) is 11.0. The van der Waals surface area contributed by atoms with Crippen LogP contribution in [0, 0.1) is 11.3 Å². The van der Waals surface area contributed by atoms with Gasteiger partial charge < -0.3 is 10.1 Å². The number of rotatable bonds is 3. The van der Waals surface area contributed by atoms with Crippen molar-refractivity contribution in [3.63, 3.8) is 0 Å². The molecule has 0 saturated carbocycles. The van der Waals surface area contributed by atoms with Crippen molar-refractivity contribution in [1.29, 1.82) is 5.26 Å². The Hall–Kier alpha value is -1.12. The van der Waals surface area contributed by atoms with E-state index in [2.05, 4.69) is 5.32 Å². The summed E-state index contributed by atoms with van der Waals surface area (Å²) in [5.41, 5.74) is 0. The van der Waals surface area contributed by atoms with Crippen LogP contribution in [0.25, 0.3) is 0 Å². The smallest absolute Gasteiger partial charge is 0.237 e. The van der Waals surface area contributed by atoms with Crippen LogP contribution in [0.1, 0.15) is 6.42 Å². The summed E-state index contributed by atoms with van der Waals surface area (Å²) in [6, 6.07) is 1.80. The SMILES string of the molecule is CNC(=O)[C@@H]1C[C@@H](OCC#N)CN1C. The second-order valence-electron chi connectivity index (χ2n) is 3.40. The number of hydrogen-bond acceptors (Lipinski definition) is 4. The van der Waals surface area contributed by atoms with Gasteiger partial charge in [-0.3, -0.25) is 9.69 Å². The summed E-state index contributed by atoms with van der Waals surface area (Å²) in [7, 11) is 3.51. The first-order valence-corrected chi connectivity index (χ1v) is 4.59. The molecule has 0 radical (unpaired) electrons. The van der Waals surface area contributed by atoms with E-state index in [9.17, 15) is 4.79 Å². The molecule has 78 valence electrons. The van der Waals surface area contributed by atoms with E-state index < -0.39 is 0 Å². The minimum absolute atomic E-state index is 0.00181. The number of carbonyl (C=O) groups excluding carboxylic acids is 1. The molecule has 0 aromatic rings. The van der Waals surface area contributed by atoms with Gasteiger partial charge in [-0.1, -0.05) is 0 Å². The van der Waals surface area contributed by atoms with Gasteiger partial charge in [0.15, 0.2) is 0 Å². The molecule has 0 aliphatic carbocycles. The highest BCUT2D eigenvalue weighted by atomic mass is 16.5. The van der Waals surface area contributed by atoms with Crippen molar-refractivity contribution in [1.82, 2.24) is 10.2 Å². The van der Waals surface area contributed by atoms with Gasteiger partial charge in [0.25, 0.3) is 0 Å². The van der Waals surface area contributed by atoms with Crippen LogP contribution in [0.4, 0.5) is 0 Å². The highest BCUT2D eigenvalue weighted by Crippen LogP contribution is 2.18. The van der Waals surface area contributed by atoms with Gasteiger partial charge in [0, 0.05) is 13.6 Å². The summed E-state index contributed by atoms with van der Waals surface area (Å²) >= 11 is 0. The van der Waals surface area contributed by atoms with E-state index >= 15 is 0 Å². The van der Waals surface area contributed by atoms with E-state index in [-0.39, 0.29) is 24.7 Å². The third-order valence-electron chi connectivity index (χ3n) is 2.44. The maximum atomic E-state index is 11.4. The first kappa shape index (κ1) is 11.0. The predicted octanol–water partition coefficient (Wildman–Crippen LogP) is -0.655. The molecule has 1 aliphatic heterocycles. The van der Waals surface area contributed by atoms with Gasteiger partial charge in [0.1, 0.15) is 6.61 Å². The fourth-order valence-electron chi connectivity index (χ4n) is 1.70. The minimum Gasteiger partial charge on any atom is -0.362 e. The zero-order chi connectivity index (χ0) is 10.6. The van der Waals surface area contributed by atoms with Gasteiger partial charge in [-0.15, -0.1) is 0 Å².